The molecule has 1 saturated heterocycles. The third kappa shape index (κ3) is 4.89. The number of benzene rings is 1. The van der Waals surface area contributed by atoms with Gasteiger partial charge in [0.2, 0.25) is 11.8 Å². The normalized spacial score (nSPS) is 18.8. The van der Waals surface area contributed by atoms with Gasteiger partial charge in [0, 0.05) is 43.4 Å². The highest BCUT2D eigenvalue weighted by atomic mass is 19.1. The number of hydrogen-bond donors (Lipinski definition) is 1. The van der Waals surface area contributed by atoms with E-state index < -0.39 is 5.82 Å². The van der Waals surface area contributed by atoms with Crippen molar-refractivity contribution in [1.29, 1.82) is 0 Å². The average molecular weight is 493 g/mol. The SMILES string of the molecule is Cc1c(CN(C)C(=O)/C=C/c2cnc3c(c2)CCC(N2CCOCC2)C(=O)N3)oc2c(F)cccc12. The molecule has 2 aliphatic heterocycles. The molecule has 2 aromatic heterocycles. The van der Waals surface area contributed by atoms with E-state index in [1.807, 2.05) is 13.0 Å². The molecular weight excluding hydrogens is 463 g/mol. The number of carbonyl (C=O) groups is 2. The third-order valence-electron chi connectivity index (χ3n) is 6.90. The van der Waals surface area contributed by atoms with Gasteiger partial charge in [-0.05, 0) is 49.1 Å². The molecule has 0 spiro atoms. The zero-order valence-corrected chi connectivity index (χ0v) is 20.4. The van der Waals surface area contributed by atoms with Crippen molar-refractivity contribution in [2.24, 2.45) is 0 Å². The Morgan fingerprint density at radius 2 is 2.14 bits per heavy atom. The zero-order valence-electron chi connectivity index (χ0n) is 20.4. The van der Waals surface area contributed by atoms with Crippen LogP contribution >= 0.6 is 0 Å². The summed E-state index contributed by atoms with van der Waals surface area (Å²) >= 11 is 0. The summed E-state index contributed by atoms with van der Waals surface area (Å²) in [6.45, 7) is 4.85. The van der Waals surface area contributed by atoms with Crippen LogP contribution in [0.1, 0.15) is 28.9 Å². The van der Waals surface area contributed by atoms with Crippen molar-refractivity contribution < 1.29 is 23.1 Å². The lowest BCUT2D eigenvalue weighted by Gasteiger charge is -2.32. The molecule has 8 nitrogen and oxygen atoms in total. The van der Waals surface area contributed by atoms with Crippen molar-refractivity contribution in [3.05, 3.63) is 64.8 Å². The minimum absolute atomic E-state index is 0.0380. The molecule has 1 unspecified atom stereocenters. The van der Waals surface area contributed by atoms with Gasteiger partial charge in [0.25, 0.3) is 0 Å². The van der Waals surface area contributed by atoms with Crippen LogP contribution < -0.4 is 5.32 Å². The molecule has 0 bridgehead atoms. The van der Waals surface area contributed by atoms with Gasteiger partial charge in [-0.1, -0.05) is 12.1 Å². The summed E-state index contributed by atoms with van der Waals surface area (Å²) in [4.78, 5) is 33.6. The molecule has 2 aliphatic rings. The number of ether oxygens (including phenoxy) is 1. The Balaban J connectivity index is 1.25. The molecule has 1 fully saturated rings. The summed E-state index contributed by atoms with van der Waals surface area (Å²) in [6, 6.07) is 6.56. The van der Waals surface area contributed by atoms with E-state index >= 15 is 0 Å². The molecule has 0 radical (unpaired) electrons. The van der Waals surface area contributed by atoms with Crippen LogP contribution in [0.3, 0.4) is 0 Å². The maximum Gasteiger partial charge on any atom is 0.246 e. The largest absolute Gasteiger partial charge is 0.456 e. The van der Waals surface area contributed by atoms with Crippen LogP contribution in [0.25, 0.3) is 17.0 Å². The molecule has 1 N–H and O–H groups in total. The van der Waals surface area contributed by atoms with E-state index in [2.05, 4.69) is 15.2 Å². The van der Waals surface area contributed by atoms with E-state index in [9.17, 15) is 14.0 Å². The van der Waals surface area contributed by atoms with Crippen LogP contribution in [0.5, 0.6) is 0 Å². The van der Waals surface area contributed by atoms with Crippen LogP contribution in [0.2, 0.25) is 0 Å². The molecular formula is C27H29FN4O4. The van der Waals surface area contributed by atoms with E-state index in [0.717, 1.165) is 29.8 Å². The Kier molecular flexibility index (Phi) is 6.84. The number of para-hydroxylation sites is 1. The molecule has 0 saturated carbocycles. The van der Waals surface area contributed by atoms with Crippen LogP contribution in [0, 0.1) is 12.7 Å². The second-order valence-corrected chi connectivity index (χ2v) is 9.26. The Morgan fingerprint density at radius 1 is 1.33 bits per heavy atom. The quantitative estimate of drug-likeness (QED) is 0.549. The monoisotopic (exact) mass is 492 g/mol. The smallest absolute Gasteiger partial charge is 0.246 e. The van der Waals surface area contributed by atoms with Gasteiger partial charge in [-0.15, -0.1) is 0 Å². The highest BCUT2D eigenvalue weighted by molar-refractivity contribution is 5.96. The number of pyridine rings is 1. The number of aromatic nitrogens is 1. The predicted octanol–water partition coefficient (Wildman–Crippen LogP) is 3.53. The lowest BCUT2D eigenvalue weighted by molar-refractivity contribution is -0.125. The van der Waals surface area contributed by atoms with E-state index in [1.165, 1.54) is 17.0 Å². The van der Waals surface area contributed by atoms with Gasteiger partial charge in [-0.3, -0.25) is 14.5 Å². The number of aryl methyl sites for hydroxylation is 2. The van der Waals surface area contributed by atoms with Gasteiger partial charge in [0.1, 0.15) is 11.6 Å². The second kappa shape index (κ2) is 10.2. The minimum Gasteiger partial charge on any atom is -0.456 e. The number of nitrogens with zero attached hydrogens (tertiary/aromatic N) is 3. The highest BCUT2D eigenvalue weighted by Crippen LogP contribution is 2.28. The van der Waals surface area contributed by atoms with Crippen molar-refractivity contribution in [3.63, 3.8) is 0 Å². The van der Waals surface area contributed by atoms with Crippen molar-refractivity contribution in [2.45, 2.75) is 32.4 Å². The predicted molar refractivity (Wildman–Crippen MR) is 134 cm³/mol. The number of hydrogen-bond acceptors (Lipinski definition) is 6. The van der Waals surface area contributed by atoms with Crippen LogP contribution in [0.4, 0.5) is 10.2 Å². The number of halogens is 1. The number of furan rings is 1. The fourth-order valence-corrected chi connectivity index (χ4v) is 4.78. The summed E-state index contributed by atoms with van der Waals surface area (Å²) in [5.41, 5.74) is 2.75. The number of fused-ring (bicyclic) bond motifs is 2. The first-order valence-electron chi connectivity index (χ1n) is 12.1. The fourth-order valence-electron chi connectivity index (χ4n) is 4.78. The molecule has 4 heterocycles. The van der Waals surface area contributed by atoms with Crippen molar-refractivity contribution >= 4 is 34.7 Å². The van der Waals surface area contributed by atoms with E-state index in [-0.39, 0.29) is 30.0 Å². The van der Waals surface area contributed by atoms with Gasteiger partial charge in [0.05, 0.1) is 25.8 Å². The van der Waals surface area contributed by atoms with Crippen molar-refractivity contribution in [3.8, 4) is 0 Å². The molecule has 1 aromatic carbocycles. The molecule has 36 heavy (non-hydrogen) atoms. The van der Waals surface area contributed by atoms with E-state index in [4.69, 9.17) is 9.15 Å². The van der Waals surface area contributed by atoms with Gasteiger partial charge in [0.15, 0.2) is 11.4 Å². The number of amides is 2. The molecule has 3 aromatic rings. The molecule has 9 heteroatoms. The molecule has 0 aliphatic carbocycles. The van der Waals surface area contributed by atoms with Crippen LogP contribution in [-0.2, 0) is 27.3 Å². The number of morpholine rings is 1. The summed E-state index contributed by atoms with van der Waals surface area (Å²) in [6.07, 6.45) is 6.24. The lowest BCUT2D eigenvalue weighted by Crippen LogP contribution is -2.48. The van der Waals surface area contributed by atoms with Crippen LogP contribution in [0.15, 0.2) is 41.0 Å². The standard InChI is InChI=1S/C27H29FN4O4/c1-17-20-4-3-5-21(28)25(20)36-23(17)16-31(2)24(33)9-6-18-14-19-7-8-22(32-10-12-35-13-11-32)27(34)30-26(19)29-15-18/h3-6,9,14-15,22H,7-8,10-13,16H2,1-2H3,(H,29,30,34)/b9-6+. The number of likely N-dealkylation sites (N-methyl/N-ethyl adjacent to an activating group) is 1. The maximum absolute atomic E-state index is 14.0. The van der Waals surface area contributed by atoms with Crippen LogP contribution in [-0.4, -0.2) is 66.0 Å². The average Bonchev–Trinajstić information content (AvgIpc) is 3.10. The minimum atomic E-state index is -0.418. The first-order chi connectivity index (χ1) is 17.4. The first-order valence-corrected chi connectivity index (χ1v) is 12.1. The third-order valence-corrected chi connectivity index (χ3v) is 6.90. The maximum atomic E-state index is 14.0. The molecule has 188 valence electrons. The zero-order chi connectivity index (χ0) is 25.2. The summed E-state index contributed by atoms with van der Waals surface area (Å²) in [5, 5.41) is 3.67. The first kappa shape index (κ1) is 24.1. The van der Waals surface area contributed by atoms with E-state index in [1.54, 1.807) is 31.5 Å². The number of carbonyl (C=O) groups excluding carboxylic acids is 2. The molecule has 5 rings (SSSR count). The van der Waals surface area contributed by atoms with Crippen molar-refractivity contribution in [1.82, 2.24) is 14.8 Å². The number of anilines is 1. The lowest BCUT2D eigenvalue weighted by atomic mass is 10.0. The highest BCUT2D eigenvalue weighted by Gasteiger charge is 2.30. The summed E-state index contributed by atoms with van der Waals surface area (Å²) in [7, 11) is 1.67. The molecule has 1 atom stereocenters. The van der Waals surface area contributed by atoms with Gasteiger partial charge in [-0.2, -0.15) is 0 Å². The summed E-state index contributed by atoms with van der Waals surface area (Å²) in [5.74, 6) is 0.453. The van der Waals surface area contributed by atoms with Gasteiger partial charge in [-0.25, -0.2) is 9.37 Å². The Bertz CT molecular complexity index is 1330. The molecule has 2 amide bonds. The fraction of sp³-hybridized carbons (Fsp3) is 0.370. The number of rotatable bonds is 5. The van der Waals surface area contributed by atoms with Gasteiger partial charge >= 0.3 is 0 Å². The number of nitrogens with one attached hydrogen (secondary N) is 1. The Morgan fingerprint density at radius 3 is 2.92 bits per heavy atom. The topological polar surface area (TPSA) is 87.9 Å². The van der Waals surface area contributed by atoms with Gasteiger partial charge < -0.3 is 19.4 Å². The Labute approximate surface area is 208 Å². The Hall–Kier alpha value is -3.56. The summed E-state index contributed by atoms with van der Waals surface area (Å²) < 4.78 is 25.2. The second-order valence-electron chi connectivity index (χ2n) is 9.26. The van der Waals surface area contributed by atoms with E-state index in [0.29, 0.717) is 43.0 Å². The van der Waals surface area contributed by atoms with Crippen molar-refractivity contribution in [2.75, 3.05) is 38.7 Å².